The van der Waals surface area contributed by atoms with Gasteiger partial charge in [-0.2, -0.15) is 13.2 Å². The van der Waals surface area contributed by atoms with Crippen LogP contribution in [-0.4, -0.2) is 75.1 Å². The normalized spacial score (nSPS) is 27.6. The SMILES string of the molecule is CO[C@H]1C[C@@H](S(=O)(=O)c2ccc(N3CCN(C4CC4)CC3)cc2C(F)(F)F)C[C@@H]1C(=O)O. The molecule has 0 unspecified atom stereocenters. The highest BCUT2D eigenvalue weighted by Gasteiger charge is 2.47. The van der Waals surface area contributed by atoms with E-state index in [2.05, 4.69) is 4.90 Å². The van der Waals surface area contributed by atoms with Crippen molar-refractivity contribution < 1.29 is 36.2 Å². The van der Waals surface area contributed by atoms with E-state index < -0.39 is 49.7 Å². The van der Waals surface area contributed by atoms with E-state index in [1.807, 2.05) is 4.90 Å². The Bertz CT molecular complexity index is 972. The first-order valence-corrected chi connectivity index (χ1v) is 12.3. The quantitative estimate of drug-likeness (QED) is 0.676. The number of anilines is 1. The molecular weight excluding hydrogens is 449 g/mol. The van der Waals surface area contributed by atoms with Gasteiger partial charge in [-0.05, 0) is 43.9 Å². The van der Waals surface area contributed by atoms with Crippen molar-refractivity contribution >= 4 is 21.5 Å². The zero-order valence-electron chi connectivity index (χ0n) is 17.7. The van der Waals surface area contributed by atoms with Crippen LogP contribution in [0.3, 0.4) is 0 Å². The van der Waals surface area contributed by atoms with Gasteiger partial charge in [-0.3, -0.25) is 9.69 Å². The van der Waals surface area contributed by atoms with Gasteiger partial charge in [0.2, 0.25) is 0 Å². The van der Waals surface area contributed by atoms with Crippen molar-refractivity contribution in [2.75, 3.05) is 38.2 Å². The van der Waals surface area contributed by atoms with Crippen molar-refractivity contribution in [3.63, 3.8) is 0 Å². The van der Waals surface area contributed by atoms with Crippen molar-refractivity contribution in [2.45, 2.75) is 54.2 Å². The number of aliphatic carboxylic acids is 1. The molecule has 2 saturated carbocycles. The Labute approximate surface area is 185 Å². The zero-order chi connectivity index (χ0) is 23.3. The van der Waals surface area contributed by atoms with Crippen LogP contribution in [0, 0.1) is 5.92 Å². The molecule has 2 aliphatic carbocycles. The number of halogens is 3. The minimum atomic E-state index is -4.86. The van der Waals surface area contributed by atoms with Crippen LogP contribution in [-0.2, 0) is 25.5 Å². The molecule has 0 radical (unpaired) electrons. The van der Waals surface area contributed by atoms with Crippen LogP contribution in [0.25, 0.3) is 0 Å². The number of rotatable bonds is 6. The summed E-state index contributed by atoms with van der Waals surface area (Å²) in [7, 11) is -3.14. The summed E-state index contributed by atoms with van der Waals surface area (Å²) >= 11 is 0. The second-order valence-corrected chi connectivity index (χ2v) is 11.0. The smallest absolute Gasteiger partial charge is 0.417 e. The van der Waals surface area contributed by atoms with E-state index in [0.29, 0.717) is 24.8 Å². The predicted molar refractivity (Wildman–Crippen MR) is 110 cm³/mol. The molecule has 1 aliphatic heterocycles. The summed E-state index contributed by atoms with van der Waals surface area (Å²) in [5.74, 6) is -2.29. The summed E-state index contributed by atoms with van der Waals surface area (Å²) in [4.78, 5) is 14.8. The number of sulfone groups is 1. The molecule has 0 aromatic heterocycles. The Kier molecular flexibility index (Phi) is 6.19. The van der Waals surface area contributed by atoms with Gasteiger partial charge in [-0.15, -0.1) is 0 Å². The van der Waals surface area contributed by atoms with Crippen molar-refractivity contribution in [3.8, 4) is 0 Å². The molecule has 0 spiro atoms. The van der Waals surface area contributed by atoms with Crippen LogP contribution in [0.15, 0.2) is 23.1 Å². The van der Waals surface area contributed by atoms with Crippen molar-refractivity contribution in [2.24, 2.45) is 5.92 Å². The van der Waals surface area contributed by atoms with Crippen molar-refractivity contribution in [1.29, 1.82) is 0 Å². The Morgan fingerprint density at radius 1 is 1.12 bits per heavy atom. The number of ether oxygens (including phenoxy) is 1. The van der Waals surface area contributed by atoms with E-state index in [1.54, 1.807) is 0 Å². The number of carbonyl (C=O) groups is 1. The maximum absolute atomic E-state index is 13.9. The first-order valence-electron chi connectivity index (χ1n) is 10.7. The van der Waals surface area contributed by atoms with Crippen LogP contribution in [0.5, 0.6) is 0 Å². The summed E-state index contributed by atoms with van der Waals surface area (Å²) in [6, 6.07) is 3.95. The molecule has 7 nitrogen and oxygen atoms in total. The highest BCUT2D eigenvalue weighted by molar-refractivity contribution is 7.92. The number of hydrogen-bond acceptors (Lipinski definition) is 6. The molecule has 3 atom stereocenters. The molecule has 0 bridgehead atoms. The van der Waals surface area contributed by atoms with E-state index in [9.17, 15) is 31.5 Å². The third-order valence-corrected chi connectivity index (χ3v) is 9.07. The highest BCUT2D eigenvalue weighted by Crippen LogP contribution is 2.42. The van der Waals surface area contributed by atoms with Gasteiger partial charge in [0.1, 0.15) is 0 Å². The minimum absolute atomic E-state index is 0.155. The van der Waals surface area contributed by atoms with E-state index in [-0.39, 0.29) is 12.8 Å². The fraction of sp³-hybridized carbons (Fsp3) is 0.667. The monoisotopic (exact) mass is 476 g/mol. The largest absolute Gasteiger partial charge is 0.481 e. The van der Waals surface area contributed by atoms with Gasteiger partial charge in [-0.1, -0.05) is 0 Å². The van der Waals surface area contributed by atoms with Crippen LogP contribution < -0.4 is 4.90 Å². The van der Waals surface area contributed by atoms with Gasteiger partial charge < -0.3 is 14.7 Å². The number of benzene rings is 1. The van der Waals surface area contributed by atoms with E-state index >= 15 is 0 Å². The second-order valence-electron chi connectivity index (χ2n) is 8.79. The van der Waals surface area contributed by atoms with Crippen LogP contribution >= 0.6 is 0 Å². The van der Waals surface area contributed by atoms with E-state index in [1.165, 1.54) is 26.0 Å². The summed E-state index contributed by atoms with van der Waals surface area (Å²) in [5.41, 5.74) is -0.858. The van der Waals surface area contributed by atoms with E-state index in [4.69, 9.17) is 4.74 Å². The lowest BCUT2D eigenvalue weighted by Crippen LogP contribution is -2.47. The molecule has 3 fully saturated rings. The Hall–Kier alpha value is -1.85. The van der Waals surface area contributed by atoms with E-state index in [0.717, 1.165) is 25.2 Å². The lowest BCUT2D eigenvalue weighted by atomic mass is 10.1. The number of hydrogen-bond donors (Lipinski definition) is 1. The molecule has 1 aromatic rings. The topological polar surface area (TPSA) is 87.2 Å². The molecule has 1 saturated heterocycles. The van der Waals surface area contributed by atoms with Gasteiger partial charge >= 0.3 is 12.1 Å². The van der Waals surface area contributed by atoms with Gasteiger partial charge in [-0.25, -0.2) is 8.42 Å². The summed E-state index contributed by atoms with van der Waals surface area (Å²) in [6.45, 7) is 2.70. The molecule has 1 heterocycles. The minimum Gasteiger partial charge on any atom is -0.481 e. The predicted octanol–water partition coefficient (Wildman–Crippen LogP) is 2.64. The second kappa shape index (κ2) is 8.49. The van der Waals surface area contributed by atoms with Gasteiger partial charge in [0.05, 0.1) is 27.7 Å². The summed E-state index contributed by atoms with van der Waals surface area (Å²) < 4.78 is 73.2. The van der Waals surface area contributed by atoms with Gasteiger partial charge in [0.15, 0.2) is 9.84 Å². The Morgan fingerprint density at radius 2 is 1.78 bits per heavy atom. The van der Waals surface area contributed by atoms with Crippen molar-refractivity contribution in [3.05, 3.63) is 23.8 Å². The Balaban J connectivity index is 1.61. The fourth-order valence-electron chi connectivity index (χ4n) is 4.88. The molecule has 1 aromatic carbocycles. The first kappa shape index (κ1) is 23.3. The molecule has 32 heavy (non-hydrogen) atoms. The molecule has 4 rings (SSSR count). The number of methoxy groups -OCH3 is 1. The summed E-state index contributed by atoms with van der Waals surface area (Å²) in [6.07, 6.45) is -3.82. The molecule has 178 valence electrons. The maximum Gasteiger partial charge on any atom is 0.417 e. The molecular formula is C21H27F3N2O5S. The standard InChI is InChI=1S/C21H27F3N2O5S/c1-31-18-12-15(11-16(18)20(27)28)32(29,30)19-5-4-14(10-17(19)21(22,23)24)26-8-6-25(7-9-26)13-2-3-13/h4-5,10,13,15-16,18H,2-3,6-9,11-12H2,1H3,(H,27,28)/t15-,16-,18-/m0/s1. The van der Waals surface area contributed by atoms with Gasteiger partial charge in [0, 0.05) is 45.0 Å². The lowest BCUT2D eigenvalue weighted by Gasteiger charge is -2.36. The number of carboxylic acids is 1. The fourth-order valence-corrected chi connectivity index (χ4v) is 6.88. The van der Waals surface area contributed by atoms with Crippen molar-refractivity contribution in [1.82, 2.24) is 4.90 Å². The molecule has 3 aliphatic rings. The third kappa shape index (κ3) is 4.47. The Morgan fingerprint density at radius 3 is 2.28 bits per heavy atom. The molecule has 0 amide bonds. The molecule has 1 N–H and O–H groups in total. The number of alkyl halides is 3. The maximum atomic E-state index is 13.9. The number of piperazine rings is 1. The van der Waals surface area contributed by atoms with Crippen LogP contribution in [0.2, 0.25) is 0 Å². The summed E-state index contributed by atoms with van der Waals surface area (Å²) in [5, 5.41) is 8.08. The average Bonchev–Trinajstić information content (AvgIpc) is 3.50. The van der Waals surface area contributed by atoms with Gasteiger partial charge in [0.25, 0.3) is 0 Å². The third-order valence-electron chi connectivity index (χ3n) is 6.84. The number of nitrogens with zero attached hydrogens (tertiary/aromatic N) is 2. The zero-order valence-corrected chi connectivity index (χ0v) is 18.5. The molecule has 11 heteroatoms. The van der Waals surface area contributed by atoms with Crippen LogP contribution in [0.4, 0.5) is 18.9 Å². The first-order chi connectivity index (χ1) is 15.0. The average molecular weight is 477 g/mol. The lowest BCUT2D eigenvalue weighted by molar-refractivity contribution is -0.145. The highest BCUT2D eigenvalue weighted by atomic mass is 32.2. The number of carboxylic acid groups (broad SMARTS) is 1. The van der Waals surface area contributed by atoms with Crippen LogP contribution in [0.1, 0.15) is 31.2 Å².